The van der Waals surface area contributed by atoms with Crippen LogP contribution in [0.4, 0.5) is 0 Å². The Hall–Kier alpha value is -1.47. The lowest BCUT2D eigenvalue weighted by Crippen LogP contribution is -2.56. The van der Waals surface area contributed by atoms with E-state index in [4.69, 9.17) is 10.1 Å². The van der Waals surface area contributed by atoms with Crippen LogP contribution in [0.1, 0.15) is 51.2 Å². The highest BCUT2D eigenvalue weighted by Gasteiger charge is 2.30. The minimum Gasteiger partial charge on any atom is -0.353 e. The molecule has 0 radical (unpaired) electrons. The number of nitrogens with one attached hydrogen (secondary N) is 1. The Bertz CT molecular complexity index is 608. The summed E-state index contributed by atoms with van der Waals surface area (Å²) in [5, 5.41) is 7.86. The van der Waals surface area contributed by atoms with Crippen LogP contribution in [-0.2, 0) is 24.2 Å². The van der Waals surface area contributed by atoms with Gasteiger partial charge in [-0.1, -0.05) is 20.3 Å². The molecule has 2 fully saturated rings. The molecule has 0 aromatic carbocycles. The smallest absolute Gasteiger partial charge is 0.237 e. The van der Waals surface area contributed by atoms with Gasteiger partial charge < -0.3 is 10.2 Å². The Morgan fingerprint density at radius 1 is 1.15 bits per heavy atom. The first-order valence-corrected chi connectivity index (χ1v) is 10.7. The third-order valence-corrected chi connectivity index (χ3v) is 6.05. The van der Waals surface area contributed by atoms with E-state index in [0.717, 1.165) is 57.1 Å². The summed E-state index contributed by atoms with van der Waals surface area (Å²) in [6.07, 6.45) is 6.30. The van der Waals surface area contributed by atoms with E-state index in [9.17, 15) is 4.79 Å². The molecule has 1 unspecified atom stereocenters. The Morgan fingerprint density at radius 3 is 2.63 bits per heavy atom. The second-order valence-electron chi connectivity index (χ2n) is 8.11. The van der Waals surface area contributed by atoms with Crippen LogP contribution in [0.2, 0.25) is 0 Å². The largest absolute Gasteiger partial charge is 0.353 e. The molecule has 1 atom stereocenters. The summed E-state index contributed by atoms with van der Waals surface area (Å²) >= 11 is 0. The van der Waals surface area contributed by atoms with Gasteiger partial charge >= 0.3 is 0 Å². The number of hydrogen-bond donors (Lipinski definition) is 1. The Morgan fingerprint density at radius 2 is 1.93 bits per heavy atom. The van der Waals surface area contributed by atoms with Crippen molar-refractivity contribution < 1.29 is 4.79 Å². The molecule has 27 heavy (non-hydrogen) atoms. The number of hydrogen-bond acceptors (Lipinski definition) is 5. The molecule has 0 bridgehead atoms. The normalized spacial score (nSPS) is 22.9. The van der Waals surface area contributed by atoms with Gasteiger partial charge in [-0.2, -0.15) is 5.10 Å². The number of piperidine rings is 1. The van der Waals surface area contributed by atoms with Crippen LogP contribution >= 0.6 is 0 Å². The van der Waals surface area contributed by atoms with Gasteiger partial charge in [-0.15, -0.1) is 0 Å². The van der Waals surface area contributed by atoms with Gasteiger partial charge in [0.15, 0.2) is 5.82 Å². The number of rotatable bonds is 8. The lowest BCUT2D eigenvalue weighted by molar-refractivity contribution is -0.128. The van der Waals surface area contributed by atoms with E-state index in [-0.39, 0.29) is 11.9 Å². The van der Waals surface area contributed by atoms with Crippen LogP contribution in [0.5, 0.6) is 0 Å². The van der Waals surface area contributed by atoms with Crippen LogP contribution in [0.3, 0.4) is 0 Å². The van der Waals surface area contributed by atoms with E-state index < -0.39 is 0 Å². The highest BCUT2D eigenvalue weighted by Crippen LogP contribution is 2.20. The first-order chi connectivity index (χ1) is 13.1. The average molecular weight is 377 g/mol. The number of aryl methyl sites for hydroxylation is 1. The first kappa shape index (κ1) is 20.3. The van der Waals surface area contributed by atoms with Crippen molar-refractivity contribution in [3.05, 3.63) is 11.6 Å². The summed E-state index contributed by atoms with van der Waals surface area (Å²) in [5.41, 5.74) is 0. The Labute approximate surface area is 163 Å². The molecular formula is C20H36N6O. The number of carbonyl (C=O) groups is 1. The number of carbonyl (C=O) groups excluding carboxylic acids is 1. The lowest BCUT2D eigenvalue weighted by Gasteiger charge is -2.33. The van der Waals surface area contributed by atoms with Gasteiger partial charge in [0, 0.05) is 32.5 Å². The molecule has 1 amide bonds. The summed E-state index contributed by atoms with van der Waals surface area (Å²) in [6, 6.07) is -0.121. The van der Waals surface area contributed by atoms with E-state index in [0.29, 0.717) is 12.3 Å². The molecule has 7 heteroatoms. The van der Waals surface area contributed by atoms with Gasteiger partial charge in [-0.25, -0.2) is 9.67 Å². The van der Waals surface area contributed by atoms with E-state index in [1.54, 1.807) is 0 Å². The minimum atomic E-state index is -0.121. The number of piperazine rings is 1. The van der Waals surface area contributed by atoms with Crippen molar-refractivity contribution in [2.45, 2.75) is 65.0 Å². The van der Waals surface area contributed by atoms with E-state index in [1.165, 1.54) is 25.9 Å². The fourth-order valence-electron chi connectivity index (χ4n) is 4.21. The zero-order valence-corrected chi connectivity index (χ0v) is 17.3. The molecule has 0 spiro atoms. The second-order valence-corrected chi connectivity index (χ2v) is 8.11. The monoisotopic (exact) mass is 376 g/mol. The molecule has 152 valence electrons. The zero-order chi connectivity index (χ0) is 19.2. The maximum absolute atomic E-state index is 12.4. The number of likely N-dealkylation sites (tertiary alicyclic amines) is 1. The molecule has 3 rings (SSSR count). The summed E-state index contributed by atoms with van der Waals surface area (Å²) in [4.78, 5) is 22.0. The number of amides is 1. The van der Waals surface area contributed by atoms with E-state index in [2.05, 4.69) is 40.7 Å². The topological polar surface area (TPSA) is 66.3 Å². The Kier molecular flexibility index (Phi) is 7.24. The van der Waals surface area contributed by atoms with Crippen molar-refractivity contribution in [3.8, 4) is 0 Å². The maximum Gasteiger partial charge on any atom is 0.237 e. The van der Waals surface area contributed by atoms with Gasteiger partial charge in [-0.05, 0) is 51.9 Å². The molecule has 1 N–H and O–H groups in total. The van der Waals surface area contributed by atoms with E-state index in [1.807, 2.05) is 0 Å². The summed E-state index contributed by atoms with van der Waals surface area (Å²) in [6.45, 7) is 10.1. The summed E-state index contributed by atoms with van der Waals surface area (Å²) in [7, 11) is 2.20. The molecular weight excluding hydrogens is 340 g/mol. The zero-order valence-electron chi connectivity index (χ0n) is 17.3. The van der Waals surface area contributed by atoms with Crippen LogP contribution < -0.4 is 5.32 Å². The molecule has 3 heterocycles. The predicted octanol–water partition coefficient (Wildman–Crippen LogP) is 1.33. The van der Waals surface area contributed by atoms with Gasteiger partial charge in [0.25, 0.3) is 0 Å². The third-order valence-electron chi connectivity index (χ3n) is 6.05. The molecule has 0 aliphatic carbocycles. The molecule has 0 saturated carbocycles. The average Bonchev–Trinajstić information content (AvgIpc) is 3.04. The third kappa shape index (κ3) is 5.29. The summed E-state index contributed by atoms with van der Waals surface area (Å²) in [5.74, 6) is 2.76. The quantitative estimate of drug-likeness (QED) is 0.741. The first-order valence-electron chi connectivity index (χ1n) is 10.7. The maximum atomic E-state index is 12.4. The van der Waals surface area contributed by atoms with Crippen molar-refractivity contribution >= 4 is 5.91 Å². The number of unbranched alkanes of at least 4 members (excludes halogenated alkanes) is 1. The molecule has 2 aliphatic heterocycles. The van der Waals surface area contributed by atoms with Crippen molar-refractivity contribution in [3.63, 3.8) is 0 Å². The van der Waals surface area contributed by atoms with Crippen molar-refractivity contribution in [2.75, 3.05) is 39.8 Å². The number of aromatic nitrogens is 3. The SMILES string of the molecule is CCCCn1nc(CC2CCN(C)CC2)nc1CC1C(=O)NCCN1CC. The van der Waals surface area contributed by atoms with Gasteiger partial charge in [0.1, 0.15) is 5.82 Å². The second kappa shape index (κ2) is 9.64. The van der Waals surface area contributed by atoms with Crippen LogP contribution in [-0.4, -0.2) is 76.3 Å². The van der Waals surface area contributed by atoms with E-state index >= 15 is 0 Å². The summed E-state index contributed by atoms with van der Waals surface area (Å²) < 4.78 is 2.07. The molecule has 1 aromatic rings. The highest BCUT2D eigenvalue weighted by atomic mass is 16.2. The van der Waals surface area contributed by atoms with Gasteiger partial charge in [-0.3, -0.25) is 9.69 Å². The van der Waals surface area contributed by atoms with Crippen molar-refractivity contribution in [1.29, 1.82) is 0 Å². The number of likely N-dealkylation sites (N-methyl/N-ethyl adjacent to an activating group) is 1. The van der Waals surface area contributed by atoms with Crippen LogP contribution in [0.25, 0.3) is 0 Å². The lowest BCUT2D eigenvalue weighted by atomic mass is 9.94. The standard InChI is InChI=1S/C20H36N6O/c1-4-6-10-26-19(15-17-20(27)21-9-13-25(17)5-2)22-18(23-26)14-16-7-11-24(3)12-8-16/h16-17H,4-15H2,1-3H3,(H,21,27). The fourth-order valence-corrected chi connectivity index (χ4v) is 4.21. The Balaban J connectivity index is 1.72. The molecule has 1 aromatic heterocycles. The van der Waals surface area contributed by atoms with Crippen LogP contribution in [0.15, 0.2) is 0 Å². The molecule has 7 nitrogen and oxygen atoms in total. The molecule has 2 saturated heterocycles. The minimum absolute atomic E-state index is 0.121. The predicted molar refractivity (Wildman–Crippen MR) is 107 cm³/mol. The van der Waals surface area contributed by atoms with Gasteiger partial charge in [0.2, 0.25) is 5.91 Å². The fraction of sp³-hybridized carbons (Fsp3) is 0.850. The highest BCUT2D eigenvalue weighted by molar-refractivity contribution is 5.82. The van der Waals surface area contributed by atoms with Gasteiger partial charge in [0.05, 0.1) is 6.04 Å². The molecule has 2 aliphatic rings. The van der Waals surface area contributed by atoms with Crippen molar-refractivity contribution in [2.24, 2.45) is 5.92 Å². The van der Waals surface area contributed by atoms with Crippen LogP contribution in [0, 0.1) is 5.92 Å². The number of nitrogens with zero attached hydrogens (tertiary/aromatic N) is 5. The van der Waals surface area contributed by atoms with Crippen molar-refractivity contribution in [1.82, 2.24) is 29.9 Å².